The van der Waals surface area contributed by atoms with E-state index < -0.39 is 90.5 Å². The smallest absolute Gasteiger partial charge is 0.338 e. The third kappa shape index (κ3) is 8.86. The molecule has 1 aliphatic carbocycles. The minimum atomic E-state index is -2.42. The summed E-state index contributed by atoms with van der Waals surface area (Å²) < 4.78 is 43.8. The first kappa shape index (κ1) is 35.6. The van der Waals surface area contributed by atoms with Crippen molar-refractivity contribution in [2.75, 3.05) is 6.54 Å². The van der Waals surface area contributed by atoms with E-state index >= 15 is 4.39 Å². The Kier molecular flexibility index (Phi) is 12.4. The topological polar surface area (TPSA) is 336 Å². The summed E-state index contributed by atoms with van der Waals surface area (Å²) in [6, 6.07) is -0.424. The molecule has 10 unspecified atom stereocenters. The van der Waals surface area contributed by atoms with Crippen LogP contribution >= 0.6 is 0 Å². The van der Waals surface area contributed by atoms with Gasteiger partial charge in [0.1, 0.15) is 24.4 Å². The number of azide groups is 4. The van der Waals surface area contributed by atoms with Gasteiger partial charge in [0.15, 0.2) is 24.7 Å². The molecule has 0 N–H and O–H groups in total. The van der Waals surface area contributed by atoms with Crippen molar-refractivity contribution in [2.24, 2.45) is 20.5 Å². The van der Waals surface area contributed by atoms with Crippen molar-refractivity contribution >= 4 is 23.6 Å². The molecule has 1 saturated heterocycles. The van der Waals surface area contributed by atoms with E-state index in [9.17, 15) is 35.6 Å². The van der Waals surface area contributed by atoms with Gasteiger partial charge < -0.3 is 23.7 Å². The number of nitrogens with zero attached hydrogens (tertiary/aromatic N) is 13. The molecule has 1 aromatic carbocycles. The SMILES string of the molecule is CC(=O)OC1C(N=[N+]=[N-])CC(N=[N+]=[N-])C(OC2OC(CN=[N+]=[N-])C(OC(=O)c3ccc([N+](=O)[O-])cc3)C(F)C2N=[N+]=[N-])C1OC(C)=O. The number of nitro benzene ring substituents is 1. The molecule has 0 radical (unpaired) electrons. The van der Waals surface area contributed by atoms with E-state index in [0.29, 0.717) is 0 Å². The predicted octanol–water partition coefficient (Wildman–Crippen LogP) is 4.18. The fourth-order valence-corrected chi connectivity index (χ4v) is 4.97. The van der Waals surface area contributed by atoms with Crippen LogP contribution in [-0.4, -0.2) is 90.5 Å². The summed E-state index contributed by atoms with van der Waals surface area (Å²) in [5, 5.41) is 24.8. The van der Waals surface area contributed by atoms with Crippen molar-refractivity contribution in [3.8, 4) is 0 Å². The molecule has 23 nitrogen and oxygen atoms in total. The van der Waals surface area contributed by atoms with Gasteiger partial charge in [-0.05, 0) is 40.7 Å². The molecule has 0 amide bonds. The van der Waals surface area contributed by atoms with E-state index in [0.717, 1.165) is 38.1 Å². The molecule has 0 bridgehead atoms. The second-order valence-electron chi connectivity index (χ2n) is 9.80. The lowest BCUT2D eigenvalue weighted by molar-refractivity contribution is -0.384. The Morgan fingerprint density at radius 1 is 0.894 bits per heavy atom. The Bertz CT molecular complexity index is 1550. The molecule has 10 atom stereocenters. The van der Waals surface area contributed by atoms with Crippen molar-refractivity contribution in [3.05, 3.63) is 81.7 Å². The highest BCUT2D eigenvalue weighted by molar-refractivity contribution is 5.89. The molecule has 1 heterocycles. The van der Waals surface area contributed by atoms with Crippen LogP contribution in [0, 0.1) is 10.1 Å². The van der Waals surface area contributed by atoms with Gasteiger partial charge in [-0.3, -0.25) is 19.7 Å². The highest BCUT2D eigenvalue weighted by Crippen LogP contribution is 2.37. The summed E-state index contributed by atoms with van der Waals surface area (Å²) in [7, 11) is 0. The van der Waals surface area contributed by atoms with Crippen LogP contribution in [-0.2, 0) is 33.3 Å². The molecule has 1 aliphatic heterocycles. The number of ether oxygens (including phenoxy) is 5. The van der Waals surface area contributed by atoms with Gasteiger partial charge in [-0.25, -0.2) is 9.18 Å². The van der Waals surface area contributed by atoms with Crippen molar-refractivity contribution in [1.29, 1.82) is 0 Å². The first-order valence-electron chi connectivity index (χ1n) is 13.3. The normalized spacial score (nSPS) is 29.6. The largest absolute Gasteiger partial charge is 0.458 e. The van der Waals surface area contributed by atoms with Crippen LogP contribution in [0.15, 0.2) is 44.7 Å². The molecule has 47 heavy (non-hydrogen) atoms. The molecular formula is C23H24FN13O10. The van der Waals surface area contributed by atoms with E-state index in [1.807, 2.05) is 0 Å². The number of non-ortho nitro benzene ring substituents is 1. The molecule has 1 saturated carbocycles. The van der Waals surface area contributed by atoms with E-state index in [1.165, 1.54) is 0 Å². The third-order valence-corrected chi connectivity index (χ3v) is 6.85. The number of esters is 3. The third-order valence-electron chi connectivity index (χ3n) is 6.85. The number of hydrogen-bond donors (Lipinski definition) is 0. The number of carbonyl (C=O) groups is 3. The van der Waals surface area contributed by atoms with Gasteiger partial charge in [-0.15, -0.1) is 0 Å². The Morgan fingerprint density at radius 3 is 2.00 bits per heavy atom. The summed E-state index contributed by atoms with van der Waals surface area (Å²) in [6.07, 6.45) is -12.9. The molecule has 0 spiro atoms. The van der Waals surface area contributed by atoms with E-state index in [4.69, 9.17) is 34.7 Å². The van der Waals surface area contributed by atoms with Crippen LogP contribution < -0.4 is 0 Å². The minimum Gasteiger partial charge on any atom is -0.458 e. The Balaban J connectivity index is 2.02. The molecule has 248 valence electrons. The zero-order valence-corrected chi connectivity index (χ0v) is 24.3. The van der Waals surface area contributed by atoms with Crippen LogP contribution in [0.2, 0.25) is 0 Å². The van der Waals surface area contributed by atoms with E-state index in [-0.39, 0.29) is 17.7 Å². The summed E-state index contributed by atoms with van der Waals surface area (Å²) in [5.74, 6) is -3.00. The Morgan fingerprint density at radius 2 is 1.47 bits per heavy atom. The van der Waals surface area contributed by atoms with Crippen LogP contribution in [0.5, 0.6) is 0 Å². The van der Waals surface area contributed by atoms with Gasteiger partial charge in [0.05, 0.1) is 29.1 Å². The summed E-state index contributed by atoms with van der Waals surface area (Å²) >= 11 is 0. The van der Waals surface area contributed by atoms with Crippen molar-refractivity contribution < 1.29 is 47.4 Å². The van der Waals surface area contributed by atoms with Crippen molar-refractivity contribution in [3.63, 3.8) is 0 Å². The van der Waals surface area contributed by atoms with Gasteiger partial charge in [0.25, 0.3) is 5.69 Å². The zero-order valence-electron chi connectivity index (χ0n) is 24.3. The number of alkyl halides is 1. The quantitative estimate of drug-likeness (QED) is 0.0584. The van der Waals surface area contributed by atoms with Gasteiger partial charge in [0.2, 0.25) is 0 Å². The minimum absolute atomic E-state index is 0.223. The number of nitro groups is 1. The van der Waals surface area contributed by atoms with E-state index in [1.54, 1.807) is 0 Å². The van der Waals surface area contributed by atoms with Gasteiger partial charge in [-0.1, -0.05) is 20.5 Å². The Labute approximate surface area is 261 Å². The zero-order chi connectivity index (χ0) is 34.7. The predicted molar refractivity (Wildman–Crippen MR) is 149 cm³/mol. The first-order chi connectivity index (χ1) is 22.4. The molecule has 24 heteroatoms. The van der Waals surface area contributed by atoms with E-state index in [2.05, 4.69) is 40.1 Å². The van der Waals surface area contributed by atoms with Gasteiger partial charge in [-0.2, -0.15) is 0 Å². The maximum atomic E-state index is 16.2. The number of benzene rings is 1. The van der Waals surface area contributed by atoms with Crippen LogP contribution in [0.4, 0.5) is 10.1 Å². The lowest BCUT2D eigenvalue weighted by atomic mass is 9.84. The second kappa shape index (κ2) is 16.4. The highest BCUT2D eigenvalue weighted by Gasteiger charge is 2.54. The molecular weight excluding hydrogens is 637 g/mol. The van der Waals surface area contributed by atoms with Crippen LogP contribution in [0.3, 0.4) is 0 Å². The summed E-state index contributed by atoms with van der Waals surface area (Å²) in [5.41, 5.74) is 35.9. The average Bonchev–Trinajstić information content (AvgIpc) is 3.02. The van der Waals surface area contributed by atoms with Gasteiger partial charge in [0, 0.05) is 45.6 Å². The maximum absolute atomic E-state index is 16.2. The number of carbonyl (C=O) groups excluding carboxylic acids is 3. The monoisotopic (exact) mass is 661 g/mol. The molecule has 3 rings (SSSR count). The molecule has 0 aromatic heterocycles. The van der Waals surface area contributed by atoms with Crippen LogP contribution in [0.25, 0.3) is 41.8 Å². The molecule has 2 aliphatic rings. The highest BCUT2D eigenvalue weighted by atomic mass is 19.1. The first-order valence-corrected chi connectivity index (χ1v) is 13.3. The summed E-state index contributed by atoms with van der Waals surface area (Å²) in [6.45, 7) is 1.34. The second-order valence-corrected chi connectivity index (χ2v) is 9.80. The van der Waals surface area contributed by atoms with Crippen molar-refractivity contribution in [2.45, 2.75) is 81.4 Å². The standard InChI is InChI=1S/C23H24FN13O10/c1-9(38)43-18-13(30-34-26)7-14(31-35-27)19(21(18)44-10(2)39)47-23-17(32-36-28)16(24)20(15(45-23)8-29-33-25)46-22(40)11-3-5-12(6-4-11)37(41)42/h3-6,13-21,23H,7-8H2,1-2H3. The summed E-state index contributed by atoms with van der Waals surface area (Å²) in [4.78, 5) is 57.7. The number of hydrogen-bond acceptors (Lipinski definition) is 14. The average molecular weight is 662 g/mol. The lowest BCUT2D eigenvalue weighted by Crippen LogP contribution is -2.63. The number of halogens is 1. The van der Waals surface area contributed by atoms with Crippen molar-refractivity contribution in [1.82, 2.24) is 0 Å². The fourth-order valence-electron chi connectivity index (χ4n) is 4.97. The van der Waals surface area contributed by atoms with Crippen LogP contribution in [0.1, 0.15) is 30.6 Å². The fraction of sp³-hybridized carbons (Fsp3) is 0.609. The Hall–Kier alpha value is -5.88. The number of rotatable bonds is 12. The van der Waals surface area contributed by atoms with Gasteiger partial charge >= 0.3 is 17.9 Å². The molecule has 1 aromatic rings. The lowest BCUT2D eigenvalue weighted by Gasteiger charge is -2.46. The molecule has 2 fully saturated rings. The maximum Gasteiger partial charge on any atom is 0.338 e.